The number of nitrogens with one attached hydrogen (secondary N) is 2. The lowest BCUT2D eigenvalue weighted by atomic mass is 10.1. The van der Waals surface area contributed by atoms with Gasteiger partial charge in [0.1, 0.15) is 17.3 Å². The predicted octanol–water partition coefficient (Wildman–Crippen LogP) is 2.20. The lowest BCUT2D eigenvalue weighted by Crippen LogP contribution is -2.44. The van der Waals surface area contributed by atoms with Crippen LogP contribution in [0.4, 0.5) is 19.3 Å². The Bertz CT molecular complexity index is 435. The third kappa shape index (κ3) is 5.04. The normalized spacial score (nSPS) is 13.7. The number of para-hydroxylation sites is 1. The predicted molar refractivity (Wildman–Crippen MR) is 72.4 cm³/mol. The summed E-state index contributed by atoms with van der Waals surface area (Å²) in [5.41, 5.74) is -1.59. The summed E-state index contributed by atoms with van der Waals surface area (Å²) in [4.78, 5) is 11.5. The van der Waals surface area contributed by atoms with Crippen molar-refractivity contribution in [2.45, 2.75) is 12.5 Å². The van der Waals surface area contributed by atoms with E-state index in [0.29, 0.717) is 5.75 Å². The number of hydrogen-bond donors (Lipinski definition) is 3. The second kappa shape index (κ2) is 6.72. The van der Waals surface area contributed by atoms with Gasteiger partial charge in [0.25, 0.3) is 0 Å². The Morgan fingerprint density at radius 3 is 2.53 bits per heavy atom. The number of aliphatic hydroxyl groups is 1. The van der Waals surface area contributed by atoms with E-state index >= 15 is 0 Å². The Balaban J connectivity index is 2.57. The molecule has 0 saturated carbocycles. The Labute approximate surface area is 114 Å². The number of hydrogen-bond acceptors (Lipinski definition) is 3. The van der Waals surface area contributed by atoms with Gasteiger partial charge in [-0.15, -0.1) is 0 Å². The lowest BCUT2D eigenvalue weighted by Gasteiger charge is -2.22. The first kappa shape index (κ1) is 15.7. The molecule has 3 N–H and O–H groups in total. The Morgan fingerprint density at radius 2 is 2.00 bits per heavy atom. The molecular formula is C12H16F2N2O2S. The largest absolute Gasteiger partial charge is 0.387 e. The smallest absolute Gasteiger partial charge is 0.319 e. The summed E-state index contributed by atoms with van der Waals surface area (Å²) in [6.07, 6.45) is 1.82. The number of carbonyl (C=O) groups is 1. The van der Waals surface area contributed by atoms with E-state index in [9.17, 15) is 18.7 Å². The van der Waals surface area contributed by atoms with Crippen LogP contribution >= 0.6 is 11.8 Å². The highest BCUT2D eigenvalue weighted by atomic mass is 32.2. The molecule has 0 fully saturated rings. The highest BCUT2D eigenvalue weighted by Crippen LogP contribution is 2.17. The van der Waals surface area contributed by atoms with E-state index < -0.39 is 29.0 Å². The molecule has 0 bridgehead atoms. The fourth-order valence-corrected chi connectivity index (χ4v) is 2.13. The molecule has 19 heavy (non-hydrogen) atoms. The first-order chi connectivity index (χ1) is 8.85. The van der Waals surface area contributed by atoms with Gasteiger partial charge in [-0.3, -0.25) is 0 Å². The van der Waals surface area contributed by atoms with Crippen molar-refractivity contribution in [1.29, 1.82) is 0 Å². The first-order valence-corrected chi connectivity index (χ1v) is 6.95. The molecule has 7 heteroatoms. The zero-order valence-electron chi connectivity index (χ0n) is 10.7. The summed E-state index contributed by atoms with van der Waals surface area (Å²) in [6, 6.07) is 2.52. The fraction of sp³-hybridized carbons (Fsp3) is 0.417. The van der Waals surface area contributed by atoms with Crippen LogP contribution in [0.2, 0.25) is 0 Å². The molecule has 4 nitrogen and oxygen atoms in total. The van der Waals surface area contributed by atoms with E-state index in [-0.39, 0.29) is 6.54 Å². The van der Waals surface area contributed by atoms with E-state index in [4.69, 9.17) is 0 Å². The SMILES string of the molecule is CSCC(C)(O)CNC(=O)Nc1c(F)cccc1F. The van der Waals surface area contributed by atoms with Gasteiger partial charge >= 0.3 is 6.03 Å². The number of thioether (sulfide) groups is 1. The third-order valence-corrected chi connectivity index (χ3v) is 3.20. The van der Waals surface area contributed by atoms with E-state index in [0.717, 1.165) is 12.1 Å². The van der Waals surface area contributed by atoms with Crippen molar-refractivity contribution in [2.75, 3.05) is 23.9 Å². The van der Waals surface area contributed by atoms with Crippen LogP contribution < -0.4 is 10.6 Å². The van der Waals surface area contributed by atoms with E-state index in [1.54, 1.807) is 6.92 Å². The van der Waals surface area contributed by atoms with Crippen molar-refractivity contribution in [1.82, 2.24) is 5.32 Å². The Hall–Kier alpha value is -1.34. The third-order valence-electron chi connectivity index (χ3n) is 2.29. The quantitative estimate of drug-likeness (QED) is 0.779. The number of halogens is 2. The average molecular weight is 290 g/mol. The van der Waals surface area contributed by atoms with Crippen molar-refractivity contribution in [3.8, 4) is 0 Å². The molecule has 0 aliphatic carbocycles. The molecule has 1 atom stereocenters. The second-order valence-corrected chi connectivity index (χ2v) is 5.20. The summed E-state index contributed by atoms with van der Waals surface area (Å²) in [5, 5.41) is 14.3. The highest BCUT2D eigenvalue weighted by Gasteiger charge is 2.21. The molecule has 2 amide bonds. The van der Waals surface area contributed by atoms with Crippen LogP contribution in [0.5, 0.6) is 0 Å². The van der Waals surface area contributed by atoms with Gasteiger partial charge in [-0.25, -0.2) is 13.6 Å². The maximum absolute atomic E-state index is 13.3. The molecule has 0 aliphatic rings. The minimum absolute atomic E-state index is 0.0181. The standard InChI is InChI=1S/C12H16F2N2O2S/c1-12(18,7-19-2)6-15-11(17)16-10-8(13)4-3-5-9(10)14/h3-5,18H,6-7H2,1-2H3,(H2,15,16,17). The van der Waals surface area contributed by atoms with Gasteiger partial charge in [0, 0.05) is 12.3 Å². The minimum atomic E-state index is -1.08. The summed E-state index contributed by atoms with van der Waals surface area (Å²) in [6.45, 7) is 1.54. The van der Waals surface area contributed by atoms with Gasteiger partial charge in [0.2, 0.25) is 0 Å². The van der Waals surface area contributed by atoms with Crippen LogP contribution in [0, 0.1) is 11.6 Å². The molecule has 1 rings (SSSR count). The van der Waals surface area contributed by atoms with Gasteiger partial charge in [0.05, 0.1) is 5.60 Å². The van der Waals surface area contributed by atoms with Crippen molar-refractivity contribution >= 4 is 23.5 Å². The number of rotatable bonds is 5. The number of anilines is 1. The van der Waals surface area contributed by atoms with Crippen molar-refractivity contribution in [3.05, 3.63) is 29.8 Å². The monoisotopic (exact) mass is 290 g/mol. The zero-order valence-corrected chi connectivity index (χ0v) is 11.5. The van der Waals surface area contributed by atoms with Gasteiger partial charge in [-0.1, -0.05) is 6.07 Å². The maximum atomic E-state index is 13.3. The Kier molecular flexibility index (Phi) is 5.56. The summed E-state index contributed by atoms with van der Waals surface area (Å²) in [7, 11) is 0. The maximum Gasteiger partial charge on any atom is 0.319 e. The summed E-state index contributed by atoms with van der Waals surface area (Å²) < 4.78 is 26.5. The first-order valence-electron chi connectivity index (χ1n) is 5.56. The van der Waals surface area contributed by atoms with Crippen LogP contribution in [0.25, 0.3) is 0 Å². The van der Waals surface area contributed by atoms with E-state index in [2.05, 4.69) is 10.6 Å². The van der Waals surface area contributed by atoms with Crippen LogP contribution in [-0.4, -0.2) is 35.3 Å². The average Bonchev–Trinajstić information content (AvgIpc) is 2.32. The molecule has 0 spiro atoms. The van der Waals surface area contributed by atoms with Gasteiger partial charge < -0.3 is 15.7 Å². The number of urea groups is 1. The van der Waals surface area contributed by atoms with Gasteiger partial charge in [-0.05, 0) is 25.3 Å². The van der Waals surface area contributed by atoms with Crippen LogP contribution in [-0.2, 0) is 0 Å². The van der Waals surface area contributed by atoms with E-state index in [1.165, 1.54) is 17.8 Å². The van der Waals surface area contributed by atoms with Crippen LogP contribution in [0.15, 0.2) is 18.2 Å². The molecule has 0 aromatic heterocycles. The van der Waals surface area contributed by atoms with Gasteiger partial charge in [0.15, 0.2) is 0 Å². The number of carbonyl (C=O) groups excluding carboxylic acids is 1. The highest BCUT2D eigenvalue weighted by molar-refractivity contribution is 7.98. The fourth-order valence-electron chi connectivity index (χ4n) is 1.41. The second-order valence-electron chi connectivity index (χ2n) is 4.33. The molecule has 0 saturated heterocycles. The topological polar surface area (TPSA) is 61.4 Å². The summed E-state index contributed by atoms with van der Waals surface area (Å²) in [5.74, 6) is -1.28. The molecule has 0 radical (unpaired) electrons. The molecule has 1 aromatic rings. The van der Waals surface area contributed by atoms with Crippen molar-refractivity contribution < 1.29 is 18.7 Å². The molecular weight excluding hydrogens is 274 g/mol. The zero-order chi connectivity index (χ0) is 14.5. The number of benzene rings is 1. The Morgan fingerprint density at radius 1 is 1.42 bits per heavy atom. The molecule has 0 aliphatic heterocycles. The van der Waals surface area contributed by atoms with Crippen LogP contribution in [0.3, 0.4) is 0 Å². The molecule has 106 valence electrons. The van der Waals surface area contributed by atoms with E-state index in [1.807, 2.05) is 6.26 Å². The summed E-state index contributed by atoms with van der Waals surface area (Å²) >= 11 is 1.43. The van der Waals surface area contributed by atoms with Gasteiger partial charge in [-0.2, -0.15) is 11.8 Å². The number of amides is 2. The van der Waals surface area contributed by atoms with Crippen molar-refractivity contribution in [3.63, 3.8) is 0 Å². The van der Waals surface area contributed by atoms with Crippen LogP contribution in [0.1, 0.15) is 6.92 Å². The molecule has 0 heterocycles. The minimum Gasteiger partial charge on any atom is -0.387 e. The van der Waals surface area contributed by atoms with Crippen molar-refractivity contribution in [2.24, 2.45) is 0 Å². The molecule has 1 unspecified atom stereocenters. The molecule has 1 aromatic carbocycles. The lowest BCUT2D eigenvalue weighted by molar-refractivity contribution is 0.0876.